The molecule has 3 aromatic carbocycles. The smallest absolute Gasteiger partial charge is 0.334 e. The van der Waals surface area contributed by atoms with Crippen LogP contribution >= 0.6 is 0 Å². The summed E-state index contributed by atoms with van der Waals surface area (Å²) in [6, 6.07) is 31.4. The van der Waals surface area contributed by atoms with Gasteiger partial charge in [0.2, 0.25) is 0 Å². The Balaban J connectivity index is 2.16. The second-order valence-electron chi connectivity index (χ2n) is 8.51. The van der Waals surface area contributed by atoms with Crippen molar-refractivity contribution in [3.63, 3.8) is 0 Å². The van der Waals surface area contributed by atoms with Crippen molar-refractivity contribution in [3.05, 3.63) is 113 Å². The summed E-state index contributed by atoms with van der Waals surface area (Å²) >= 11 is 0. The van der Waals surface area contributed by atoms with Crippen molar-refractivity contribution in [2.24, 2.45) is 0 Å². The van der Waals surface area contributed by atoms with Gasteiger partial charge in [-0.2, -0.15) is 5.26 Å². The van der Waals surface area contributed by atoms with Gasteiger partial charge in [0.25, 0.3) is 0 Å². The fourth-order valence-electron chi connectivity index (χ4n) is 3.55. The van der Waals surface area contributed by atoms with Crippen molar-refractivity contribution in [1.29, 1.82) is 5.26 Å². The lowest BCUT2D eigenvalue weighted by Crippen LogP contribution is -2.31. The van der Waals surface area contributed by atoms with Gasteiger partial charge in [0.1, 0.15) is 11.0 Å². The van der Waals surface area contributed by atoms with E-state index in [0.717, 1.165) is 16.7 Å². The molecule has 0 aliphatic rings. The average molecular weight is 410 g/mol. The normalized spacial score (nSPS) is 12.1. The Hall–Kier alpha value is -3.64. The Morgan fingerprint density at radius 2 is 1.29 bits per heavy atom. The molecule has 31 heavy (non-hydrogen) atoms. The van der Waals surface area contributed by atoms with Gasteiger partial charge in [0.15, 0.2) is 0 Å². The van der Waals surface area contributed by atoms with Gasteiger partial charge in [0, 0.05) is 12.0 Å². The van der Waals surface area contributed by atoms with E-state index in [9.17, 15) is 10.1 Å². The molecule has 3 nitrogen and oxygen atoms in total. The molecule has 0 radical (unpaired) electrons. The maximum absolute atomic E-state index is 13.2. The molecular weight excluding hydrogens is 382 g/mol. The highest BCUT2D eigenvalue weighted by Gasteiger charge is 2.37. The highest BCUT2D eigenvalue weighted by molar-refractivity contribution is 5.94. The Labute approximate surface area is 184 Å². The first-order valence-corrected chi connectivity index (χ1v) is 10.4. The van der Waals surface area contributed by atoms with Crippen molar-refractivity contribution in [1.82, 2.24) is 0 Å². The molecule has 0 saturated heterocycles. The number of ether oxygens (including phenoxy) is 1. The van der Waals surface area contributed by atoms with Crippen LogP contribution < -0.4 is 0 Å². The van der Waals surface area contributed by atoms with Crippen LogP contribution in [0.15, 0.2) is 96.6 Å². The Kier molecular flexibility index (Phi) is 6.72. The molecule has 0 atom stereocenters. The molecule has 0 saturated carbocycles. The highest BCUT2D eigenvalue weighted by atomic mass is 16.6. The molecule has 3 aromatic rings. The van der Waals surface area contributed by atoms with Crippen molar-refractivity contribution < 1.29 is 9.53 Å². The zero-order valence-corrected chi connectivity index (χ0v) is 18.2. The number of hydrogen-bond donors (Lipinski definition) is 0. The summed E-state index contributed by atoms with van der Waals surface area (Å²) in [7, 11) is 0. The van der Waals surface area contributed by atoms with Crippen molar-refractivity contribution in [2.45, 2.75) is 38.2 Å². The summed E-state index contributed by atoms with van der Waals surface area (Å²) in [6.45, 7) is 5.53. The molecule has 0 N–H and O–H groups in total. The molecule has 0 unspecified atom stereocenters. The van der Waals surface area contributed by atoms with Crippen molar-refractivity contribution in [2.75, 3.05) is 0 Å². The minimum absolute atomic E-state index is 0.196. The van der Waals surface area contributed by atoms with Crippen LogP contribution in [-0.2, 0) is 14.9 Å². The largest absolute Gasteiger partial charge is 0.457 e. The van der Waals surface area contributed by atoms with E-state index in [0.29, 0.717) is 5.57 Å². The predicted molar refractivity (Wildman–Crippen MR) is 124 cm³/mol. The molecule has 0 heterocycles. The summed E-state index contributed by atoms with van der Waals surface area (Å²) in [5, 5.41) is 10.5. The predicted octanol–water partition coefficient (Wildman–Crippen LogP) is 6.31. The third-order valence-electron chi connectivity index (χ3n) is 4.98. The maximum Gasteiger partial charge on any atom is 0.334 e. The van der Waals surface area contributed by atoms with Crippen LogP contribution in [0.1, 0.15) is 43.9 Å². The van der Waals surface area contributed by atoms with Gasteiger partial charge in [-0.05, 0) is 43.5 Å². The number of carbonyl (C=O) groups excluding carboxylic acids is 1. The minimum atomic E-state index is -1.03. The second kappa shape index (κ2) is 9.45. The molecule has 3 heteroatoms. The van der Waals surface area contributed by atoms with Gasteiger partial charge in [-0.3, -0.25) is 0 Å². The van der Waals surface area contributed by atoms with Gasteiger partial charge in [-0.1, -0.05) is 91.0 Å². The fraction of sp³-hybridized carbons (Fsp3) is 0.214. The molecule has 0 aliphatic carbocycles. The zero-order chi connectivity index (χ0) is 22.3. The SMILES string of the molecule is CC(C)(C)OC(=O)/C(=C/c1ccccc1)CC(C#N)(c1ccccc1)c1ccccc1. The monoisotopic (exact) mass is 409 g/mol. The van der Waals surface area contributed by atoms with Crippen LogP contribution in [0.3, 0.4) is 0 Å². The Morgan fingerprint density at radius 1 is 0.839 bits per heavy atom. The maximum atomic E-state index is 13.2. The van der Waals surface area contributed by atoms with Gasteiger partial charge in [-0.25, -0.2) is 4.79 Å². The van der Waals surface area contributed by atoms with Crippen LogP contribution in [0, 0.1) is 11.3 Å². The molecule has 0 aliphatic heterocycles. The number of nitriles is 1. The lowest BCUT2D eigenvalue weighted by molar-refractivity contribution is -0.150. The molecule has 0 fully saturated rings. The van der Waals surface area contributed by atoms with Gasteiger partial charge in [-0.15, -0.1) is 0 Å². The lowest BCUT2D eigenvalue weighted by atomic mass is 9.71. The van der Waals surface area contributed by atoms with Crippen molar-refractivity contribution >= 4 is 12.0 Å². The molecule has 0 aromatic heterocycles. The summed E-state index contributed by atoms with van der Waals surface area (Å²) in [5.74, 6) is -0.414. The first-order valence-electron chi connectivity index (χ1n) is 10.4. The van der Waals surface area contributed by atoms with E-state index in [-0.39, 0.29) is 6.42 Å². The number of benzene rings is 3. The van der Waals surface area contributed by atoms with E-state index in [1.54, 1.807) is 0 Å². The Morgan fingerprint density at radius 3 is 1.71 bits per heavy atom. The average Bonchev–Trinajstić information content (AvgIpc) is 2.77. The number of hydrogen-bond acceptors (Lipinski definition) is 3. The summed E-state index contributed by atoms with van der Waals surface area (Å²) in [6.07, 6.45) is 2.02. The summed E-state index contributed by atoms with van der Waals surface area (Å²) in [4.78, 5) is 13.2. The number of carbonyl (C=O) groups is 1. The second-order valence-corrected chi connectivity index (χ2v) is 8.51. The number of rotatable bonds is 6. The first kappa shape index (κ1) is 22.1. The van der Waals surface area contributed by atoms with E-state index in [2.05, 4.69) is 6.07 Å². The topological polar surface area (TPSA) is 50.1 Å². The number of esters is 1. The lowest BCUT2D eigenvalue weighted by Gasteiger charge is -2.30. The van der Waals surface area contributed by atoms with Crippen LogP contribution in [0.4, 0.5) is 0 Å². The Bertz CT molecular complexity index is 1030. The highest BCUT2D eigenvalue weighted by Crippen LogP contribution is 2.38. The van der Waals surface area contributed by atoms with Crippen LogP contribution in [-0.4, -0.2) is 11.6 Å². The standard InChI is InChI=1S/C28H27NO2/c1-27(2,3)31-26(30)23(19-22-13-7-4-8-14-22)20-28(21-29,24-15-9-5-10-16-24)25-17-11-6-12-18-25/h4-19H,20H2,1-3H3/b23-19+. The van der Waals surface area contributed by atoms with Crippen LogP contribution in [0.5, 0.6) is 0 Å². The molecule has 156 valence electrons. The molecule has 0 spiro atoms. The van der Waals surface area contributed by atoms with Gasteiger partial charge >= 0.3 is 5.97 Å². The molecule has 3 rings (SSSR count). The first-order chi connectivity index (χ1) is 14.8. The van der Waals surface area contributed by atoms with E-state index in [1.807, 2.05) is 118 Å². The van der Waals surface area contributed by atoms with Gasteiger partial charge in [0.05, 0.1) is 6.07 Å². The zero-order valence-electron chi connectivity index (χ0n) is 18.2. The van der Waals surface area contributed by atoms with Crippen LogP contribution in [0.2, 0.25) is 0 Å². The van der Waals surface area contributed by atoms with Crippen molar-refractivity contribution in [3.8, 4) is 6.07 Å². The number of nitrogens with zero attached hydrogens (tertiary/aromatic N) is 1. The summed E-state index contributed by atoms with van der Waals surface area (Å²) in [5.41, 5.74) is 1.35. The third kappa shape index (κ3) is 5.49. The van der Waals surface area contributed by atoms with Gasteiger partial charge < -0.3 is 4.74 Å². The fourth-order valence-corrected chi connectivity index (χ4v) is 3.55. The summed E-state index contributed by atoms with van der Waals surface area (Å²) < 4.78 is 5.72. The quantitative estimate of drug-likeness (QED) is 0.354. The minimum Gasteiger partial charge on any atom is -0.457 e. The molecule has 0 bridgehead atoms. The van der Waals surface area contributed by atoms with Crippen LogP contribution in [0.25, 0.3) is 6.08 Å². The van der Waals surface area contributed by atoms with E-state index in [1.165, 1.54) is 0 Å². The molecule has 0 amide bonds. The third-order valence-corrected chi connectivity index (χ3v) is 4.98. The molecular formula is C28H27NO2. The van der Waals surface area contributed by atoms with E-state index < -0.39 is 17.0 Å². The van der Waals surface area contributed by atoms with E-state index >= 15 is 0 Å². The van der Waals surface area contributed by atoms with E-state index in [4.69, 9.17) is 4.74 Å².